The van der Waals surface area contributed by atoms with E-state index in [0.717, 1.165) is 20.9 Å². The first-order valence-corrected chi connectivity index (χ1v) is 14.5. The molecule has 0 unspecified atom stereocenters. The van der Waals surface area contributed by atoms with E-state index in [9.17, 15) is 22.8 Å². The molecule has 1 N–H and O–H groups in total. The number of likely N-dealkylation sites (N-methyl/N-ethyl adjacent to an activating group) is 1. The van der Waals surface area contributed by atoms with Gasteiger partial charge in [0, 0.05) is 30.5 Å². The van der Waals surface area contributed by atoms with Crippen LogP contribution in [0.3, 0.4) is 0 Å². The molecular weight excluding hydrogens is 567 g/mol. The van der Waals surface area contributed by atoms with Crippen LogP contribution in [0.15, 0.2) is 28.6 Å². The molecule has 14 heteroatoms. The highest BCUT2D eigenvalue weighted by Gasteiger charge is 2.34. The standard InChI is InChI=1S/C26H26F3N5O4S2/c1-4-37-23(36)22-16-7-5-14-12-30-25(32-21(14)20(16)24(39-3)40-22)31-17-11-15(6-8-18(17)38-26(27,28)29)34-10-9-33(2)13-19(34)35/h6,8,11-12H,4-5,7,9-10,13H2,1-3H3,(H,30,31,32). The number of ether oxygens (including phenoxy) is 2. The molecule has 3 heterocycles. The van der Waals surface area contributed by atoms with E-state index >= 15 is 0 Å². The molecule has 2 aliphatic rings. The molecule has 5 rings (SSSR count). The summed E-state index contributed by atoms with van der Waals surface area (Å²) in [5.41, 5.74) is 3.53. The van der Waals surface area contributed by atoms with Crippen LogP contribution in [0.2, 0.25) is 0 Å². The number of nitrogens with zero attached hydrogens (tertiary/aromatic N) is 4. The third-order valence-corrected chi connectivity index (χ3v) is 8.86. The van der Waals surface area contributed by atoms with Gasteiger partial charge in [-0.1, -0.05) is 0 Å². The number of amides is 1. The average Bonchev–Trinajstić information content (AvgIpc) is 3.29. The maximum atomic E-state index is 13.2. The fraction of sp³-hybridized carbons (Fsp3) is 0.385. The Kier molecular flexibility index (Phi) is 7.93. The molecule has 1 aromatic carbocycles. The molecule has 212 valence electrons. The number of hydrogen-bond acceptors (Lipinski definition) is 10. The number of rotatable bonds is 7. The van der Waals surface area contributed by atoms with E-state index in [0.29, 0.717) is 42.2 Å². The molecule has 0 bridgehead atoms. The Balaban J connectivity index is 1.53. The Morgan fingerprint density at radius 3 is 2.75 bits per heavy atom. The number of nitrogens with one attached hydrogen (secondary N) is 1. The first-order chi connectivity index (χ1) is 19.1. The van der Waals surface area contributed by atoms with Crippen LogP contribution in [0.5, 0.6) is 5.75 Å². The number of thioether (sulfide) groups is 1. The van der Waals surface area contributed by atoms with Gasteiger partial charge >= 0.3 is 12.3 Å². The molecule has 0 atom stereocenters. The van der Waals surface area contributed by atoms with Crippen LogP contribution in [0.1, 0.15) is 27.7 Å². The molecule has 40 heavy (non-hydrogen) atoms. The maximum absolute atomic E-state index is 13.2. The van der Waals surface area contributed by atoms with Crippen LogP contribution in [0.25, 0.3) is 11.3 Å². The molecule has 9 nitrogen and oxygen atoms in total. The van der Waals surface area contributed by atoms with Crippen LogP contribution < -0.4 is 15.0 Å². The van der Waals surface area contributed by atoms with E-state index in [1.807, 2.05) is 18.2 Å². The van der Waals surface area contributed by atoms with Crippen molar-refractivity contribution in [2.75, 3.05) is 49.8 Å². The topological polar surface area (TPSA) is 96.9 Å². The SMILES string of the molecule is CCOC(=O)c1sc(SC)c2c1CCc1cnc(Nc3cc(N4CCN(C)CC4=O)ccc3OC(F)(F)F)nc1-2. The second kappa shape index (κ2) is 11.3. The first-order valence-electron chi connectivity index (χ1n) is 12.5. The zero-order chi connectivity index (χ0) is 28.6. The van der Waals surface area contributed by atoms with E-state index in [1.165, 1.54) is 46.2 Å². The average molecular weight is 594 g/mol. The van der Waals surface area contributed by atoms with Crippen molar-refractivity contribution in [3.8, 4) is 17.0 Å². The highest BCUT2D eigenvalue weighted by atomic mass is 32.2. The summed E-state index contributed by atoms with van der Waals surface area (Å²) in [5.74, 6) is -0.980. The number of anilines is 3. The number of carbonyl (C=O) groups excluding carboxylic acids is 2. The summed E-state index contributed by atoms with van der Waals surface area (Å²) in [6.07, 6.45) is -0.170. The van der Waals surface area contributed by atoms with Crippen molar-refractivity contribution < 1.29 is 32.2 Å². The molecule has 1 amide bonds. The van der Waals surface area contributed by atoms with Crippen molar-refractivity contribution in [1.82, 2.24) is 14.9 Å². The third-order valence-electron chi connectivity index (χ3n) is 6.53. The molecule has 2 aromatic heterocycles. The van der Waals surface area contributed by atoms with E-state index in [1.54, 1.807) is 13.1 Å². The predicted molar refractivity (Wildman–Crippen MR) is 147 cm³/mol. The monoisotopic (exact) mass is 593 g/mol. The molecular formula is C26H26F3N5O4S2. The Bertz CT molecular complexity index is 1460. The van der Waals surface area contributed by atoms with Gasteiger partial charge in [-0.2, -0.15) is 0 Å². The van der Waals surface area contributed by atoms with Gasteiger partial charge in [0.25, 0.3) is 0 Å². The van der Waals surface area contributed by atoms with Gasteiger partial charge < -0.3 is 19.7 Å². The Hall–Kier alpha value is -3.36. The van der Waals surface area contributed by atoms with Crippen molar-refractivity contribution in [3.63, 3.8) is 0 Å². The Morgan fingerprint density at radius 1 is 1.25 bits per heavy atom. The zero-order valence-corrected chi connectivity index (χ0v) is 23.6. The molecule has 1 aliphatic carbocycles. The van der Waals surface area contributed by atoms with Gasteiger partial charge in [0.15, 0.2) is 5.75 Å². The smallest absolute Gasteiger partial charge is 0.462 e. The van der Waals surface area contributed by atoms with E-state index in [4.69, 9.17) is 4.74 Å². The summed E-state index contributed by atoms with van der Waals surface area (Å²) in [7, 11) is 1.83. The van der Waals surface area contributed by atoms with Crippen molar-refractivity contribution >= 4 is 52.3 Å². The van der Waals surface area contributed by atoms with Crippen LogP contribution in [-0.2, 0) is 22.4 Å². The third kappa shape index (κ3) is 5.74. The number of esters is 1. The van der Waals surface area contributed by atoms with Crippen molar-refractivity contribution in [2.45, 2.75) is 30.3 Å². The normalized spacial score (nSPS) is 15.4. The van der Waals surface area contributed by atoms with Crippen LogP contribution >= 0.6 is 23.1 Å². The first kappa shape index (κ1) is 28.2. The molecule has 0 spiro atoms. The largest absolute Gasteiger partial charge is 0.573 e. The number of benzene rings is 1. The molecule has 1 fully saturated rings. The summed E-state index contributed by atoms with van der Waals surface area (Å²) in [6.45, 7) is 3.22. The number of aromatic nitrogens is 2. The van der Waals surface area contributed by atoms with E-state index in [-0.39, 0.29) is 36.7 Å². The quantitative estimate of drug-likeness (QED) is 0.296. The second-order valence-corrected chi connectivity index (χ2v) is 11.3. The minimum absolute atomic E-state index is 0.0415. The van der Waals surface area contributed by atoms with Gasteiger partial charge in [0.05, 0.1) is 28.7 Å². The molecule has 0 radical (unpaired) electrons. The zero-order valence-electron chi connectivity index (χ0n) is 21.9. The number of hydrogen-bond donors (Lipinski definition) is 1. The van der Waals surface area contributed by atoms with E-state index in [2.05, 4.69) is 20.0 Å². The second-order valence-electron chi connectivity index (χ2n) is 9.20. The number of carbonyl (C=O) groups is 2. The van der Waals surface area contributed by atoms with Gasteiger partial charge in [-0.25, -0.2) is 14.8 Å². The highest BCUT2D eigenvalue weighted by molar-refractivity contribution is 8.00. The molecule has 1 saturated heterocycles. The van der Waals surface area contributed by atoms with Gasteiger partial charge in [-0.3, -0.25) is 9.69 Å². The summed E-state index contributed by atoms with van der Waals surface area (Å²) >= 11 is 2.83. The summed E-state index contributed by atoms with van der Waals surface area (Å²) < 4.78 is 50.1. The Morgan fingerprint density at radius 2 is 2.05 bits per heavy atom. The lowest BCUT2D eigenvalue weighted by Crippen LogP contribution is -2.48. The number of piperazine rings is 1. The lowest BCUT2D eigenvalue weighted by molar-refractivity contribution is -0.274. The number of halogens is 3. The maximum Gasteiger partial charge on any atom is 0.573 e. The number of aryl methyl sites for hydroxylation is 1. The summed E-state index contributed by atoms with van der Waals surface area (Å²) in [6, 6.07) is 4.02. The minimum Gasteiger partial charge on any atom is -0.462 e. The minimum atomic E-state index is -4.93. The van der Waals surface area contributed by atoms with Crippen LogP contribution in [-0.4, -0.2) is 72.7 Å². The van der Waals surface area contributed by atoms with Gasteiger partial charge in [-0.05, 0) is 62.4 Å². The van der Waals surface area contributed by atoms with Crippen molar-refractivity contribution in [2.24, 2.45) is 0 Å². The summed E-state index contributed by atoms with van der Waals surface area (Å²) in [4.78, 5) is 38.2. The lowest BCUT2D eigenvalue weighted by atomic mass is 9.91. The van der Waals surface area contributed by atoms with Gasteiger partial charge in [0.2, 0.25) is 11.9 Å². The van der Waals surface area contributed by atoms with Crippen LogP contribution in [0.4, 0.5) is 30.5 Å². The number of alkyl halides is 3. The molecule has 1 aliphatic heterocycles. The van der Waals surface area contributed by atoms with Crippen molar-refractivity contribution in [3.05, 3.63) is 40.4 Å². The number of fused-ring (bicyclic) bond motifs is 3. The fourth-order valence-electron chi connectivity index (χ4n) is 4.73. The van der Waals surface area contributed by atoms with Crippen LogP contribution in [0, 0.1) is 0 Å². The fourth-order valence-corrected chi connectivity index (χ4v) is 6.72. The van der Waals surface area contributed by atoms with Gasteiger partial charge in [-0.15, -0.1) is 36.3 Å². The summed E-state index contributed by atoms with van der Waals surface area (Å²) in [5, 5.41) is 2.88. The van der Waals surface area contributed by atoms with Gasteiger partial charge in [0.1, 0.15) is 4.88 Å². The van der Waals surface area contributed by atoms with E-state index < -0.39 is 12.1 Å². The van der Waals surface area contributed by atoms with Crippen molar-refractivity contribution in [1.29, 1.82) is 0 Å². The molecule has 0 saturated carbocycles. The molecule has 3 aromatic rings. The Labute approximate surface area is 236 Å². The number of thiophene rings is 1. The predicted octanol–water partition coefficient (Wildman–Crippen LogP) is 5.12. The lowest BCUT2D eigenvalue weighted by Gasteiger charge is -2.32. The highest BCUT2D eigenvalue weighted by Crippen LogP contribution is 2.46.